The van der Waals surface area contributed by atoms with Gasteiger partial charge in [0.05, 0.1) is 43.6 Å². The first kappa shape index (κ1) is 35.5. The van der Waals surface area contributed by atoms with Crippen molar-refractivity contribution >= 4 is 5.78 Å². The van der Waals surface area contributed by atoms with Crippen molar-refractivity contribution in [2.75, 3.05) is 32.8 Å². The first-order valence-electron chi connectivity index (χ1n) is 14.4. The Morgan fingerprint density at radius 3 is 2.26 bits per heavy atom. The summed E-state index contributed by atoms with van der Waals surface area (Å²) in [7, 11) is 0. The molecule has 0 spiro atoms. The molecule has 246 valence electrons. The Morgan fingerprint density at radius 1 is 0.929 bits per heavy atom. The molecular weight excluding hydrogens is 562 g/mol. The highest BCUT2D eigenvalue weighted by Crippen LogP contribution is 2.36. The van der Waals surface area contributed by atoms with E-state index in [1.165, 1.54) is 0 Å². The summed E-state index contributed by atoms with van der Waals surface area (Å²) in [6.07, 6.45) is -12.2. The number of aliphatic hydroxyl groups is 7. The maximum Gasteiger partial charge on any atom is 0.186 e. The van der Waals surface area contributed by atoms with Crippen molar-refractivity contribution in [1.29, 1.82) is 0 Å². The third-order valence-electron chi connectivity index (χ3n) is 8.17. The predicted octanol–water partition coefficient (Wildman–Crippen LogP) is -6.71. The van der Waals surface area contributed by atoms with Gasteiger partial charge in [0.15, 0.2) is 18.4 Å². The molecule has 2 saturated heterocycles. The smallest absolute Gasteiger partial charge is 0.186 e. The fraction of sp³-hybridized carbons (Fsp3) is 0.960. The standard InChI is InChI=1S/C25H49N5O12/c26-5-16(35)15(34)4-10-3-14(28)23(42-24-13(27)2-1-12(39-24)7-30-6-11(33)8-31)21(38)22(10)41-25-20(37)18(29)19(36)17(9-32)40-25/h10-14,16-25,30-33,35-38H,1-9,26-29H2/t10-,11?,12-,13+,14-,16-,17+,18-,19+,20+,21+,22-,23?,24+,25+/m0/s1. The number of nitrogens with two attached hydrogens (primary N) is 4. The lowest BCUT2D eigenvalue weighted by Crippen LogP contribution is -2.66. The molecule has 3 rings (SSSR count). The third kappa shape index (κ3) is 8.81. The Hall–Kier alpha value is -0.970. The molecule has 2 unspecified atom stereocenters. The minimum absolute atomic E-state index is 0.0857. The van der Waals surface area contributed by atoms with Crippen LogP contribution in [0.15, 0.2) is 0 Å². The van der Waals surface area contributed by atoms with E-state index in [0.717, 1.165) is 0 Å². The average Bonchev–Trinajstić information content (AvgIpc) is 2.97. The Balaban J connectivity index is 1.76. The molecule has 16 N–H and O–H groups in total. The van der Waals surface area contributed by atoms with Gasteiger partial charge in [-0.15, -0.1) is 0 Å². The zero-order chi connectivity index (χ0) is 31.1. The molecule has 17 nitrogen and oxygen atoms in total. The van der Waals surface area contributed by atoms with Gasteiger partial charge in [-0.25, -0.2) is 0 Å². The van der Waals surface area contributed by atoms with Gasteiger partial charge in [-0.1, -0.05) is 0 Å². The maximum atomic E-state index is 12.6. The van der Waals surface area contributed by atoms with Crippen molar-refractivity contribution in [2.24, 2.45) is 28.9 Å². The normalized spacial score (nSPS) is 42.7. The first-order valence-corrected chi connectivity index (χ1v) is 14.4. The van der Waals surface area contributed by atoms with E-state index >= 15 is 0 Å². The molecule has 0 amide bonds. The number of aliphatic hydroxyl groups excluding tert-OH is 7. The number of carbonyl (C=O) groups excluding carboxylic acids is 1. The number of nitrogens with one attached hydrogen (secondary N) is 1. The molecule has 17 heteroatoms. The quantitative estimate of drug-likeness (QED) is 0.0868. The van der Waals surface area contributed by atoms with Crippen molar-refractivity contribution in [3.63, 3.8) is 0 Å². The van der Waals surface area contributed by atoms with Crippen LogP contribution in [0.3, 0.4) is 0 Å². The van der Waals surface area contributed by atoms with Crippen LogP contribution in [-0.4, -0.2) is 160 Å². The largest absolute Gasteiger partial charge is 0.394 e. The molecule has 1 saturated carbocycles. The van der Waals surface area contributed by atoms with Gasteiger partial charge in [0.2, 0.25) is 0 Å². The predicted molar refractivity (Wildman–Crippen MR) is 144 cm³/mol. The number of carbonyl (C=O) groups is 1. The van der Waals surface area contributed by atoms with Crippen LogP contribution < -0.4 is 28.3 Å². The van der Waals surface area contributed by atoms with Crippen LogP contribution in [-0.2, 0) is 23.7 Å². The zero-order valence-electron chi connectivity index (χ0n) is 23.5. The van der Waals surface area contributed by atoms with Crippen molar-refractivity contribution in [1.82, 2.24) is 5.32 Å². The van der Waals surface area contributed by atoms with Gasteiger partial charge >= 0.3 is 0 Å². The van der Waals surface area contributed by atoms with Gasteiger partial charge in [-0.05, 0) is 25.2 Å². The van der Waals surface area contributed by atoms with Crippen LogP contribution in [0.1, 0.15) is 25.7 Å². The molecule has 0 aromatic carbocycles. The minimum atomic E-state index is -1.55. The highest BCUT2D eigenvalue weighted by atomic mass is 16.7. The molecule has 2 aliphatic heterocycles. The summed E-state index contributed by atoms with van der Waals surface area (Å²) < 4.78 is 23.6. The highest BCUT2D eigenvalue weighted by Gasteiger charge is 2.51. The van der Waals surface area contributed by atoms with Gasteiger partial charge in [-0.3, -0.25) is 4.79 Å². The number of ketones is 1. The number of Topliss-reactive ketones (excluding diaryl/α,β-unsaturated/α-hetero) is 1. The minimum Gasteiger partial charge on any atom is -0.394 e. The lowest BCUT2D eigenvalue weighted by molar-refractivity contribution is -0.318. The Bertz CT molecular complexity index is 833. The summed E-state index contributed by atoms with van der Waals surface area (Å²) in [5.41, 5.74) is 24.0. The van der Waals surface area contributed by atoms with Crippen molar-refractivity contribution < 1.29 is 59.5 Å². The summed E-state index contributed by atoms with van der Waals surface area (Å²) in [4.78, 5) is 12.6. The molecule has 1 aliphatic carbocycles. The SMILES string of the molecule is NC[C@H](O)C(=O)C[C@@H]1C[C@H](N)C(O[C@H]2O[C@H](CNCC(O)CO)CC[C@H]2N)[C@H](O)[C@H]1O[C@H]1O[C@H](CO)[C@@H](O)[C@H](N)[C@H]1O. The molecular formula is C25H49N5O12. The Morgan fingerprint density at radius 2 is 1.62 bits per heavy atom. The lowest BCUT2D eigenvalue weighted by atomic mass is 9.76. The van der Waals surface area contributed by atoms with E-state index in [2.05, 4.69) is 5.32 Å². The zero-order valence-corrected chi connectivity index (χ0v) is 23.5. The third-order valence-corrected chi connectivity index (χ3v) is 8.17. The lowest BCUT2D eigenvalue weighted by Gasteiger charge is -2.48. The maximum absolute atomic E-state index is 12.6. The van der Waals surface area contributed by atoms with E-state index in [1.807, 2.05) is 0 Å². The Kier molecular flexibility index (Phi) is 13.8. The van der Waals surface area contributed by atoms with Crippen LogP contribution in [0.4, 0.5) is 0 Å². The van der Waals surface area contributed by atoms with Crippen molar-refractivity contribution in [3.05, 3.63) is 0 Å². The Labute approximate surface area is 244 Å². The topological polar surface area (TPSA) is 312 Å². The fourth-order valence-electron chi connectivity index (χ4n) is 5.60. The summed E-state index contributed by atoms with van der Waals surface area (Å²) >= 11 is 0. The van der Waals surface area contributed by atoms with Crippen molar-refractivity contribution in [2.45, 2.75) is 111 Å². The number of rotatable bonds is 14. The second kappa shape index (κ2) is 16.4. The van der Waals surface area contributed by atoms with Crippen LogP contribution >= 0.6 is 0 Å². The molecule has 0 aromatic rings. The van der Waals surface area contributed by atoms with Gasteiger partial charge in [0.1, 0.15) is 36.6 Å². The van der Waals surface area contributed by atoms with Gasteiger partial charge in [0.25, 0.3) is 0 Å². The van der Waals surface area contributed by atoms with Crippen LogP contribution in [0.5, 0.6) is 0 Å². The summed E-state index contributed by atoms with van der Waals surface area (Å²) in [5, 5.41) is 73.4. The summed E-state index contributed by atoms with van der Waals surface area (Å²) in [5.74, 6) is -1.37. The first-order chi connectivity index (χ1) is 19.9. The average molecular weight is 612 g/mol. The monoisotopic (exact) mass is 611 g/mol. The summed E-state index contributed by atoms with van der Waals surface area (Å²) in [6, 6.07) is -2.63. The number of ether oxygens (including phenoxy) is 4. The van der Waals surface area contributed by atoms with E-state index in [1.54, 1.807) is 0 Å². The highest BCUT2D eigenvalue weighted by molar-refractivity contribution is 5.83. The van der Waals surface area contributed by atoms with Gasteiger partial charge < -0.3 is 82.9 Å². The van der Waals surface area contributed by atoms with Gasteiger partial charge in [0, 0.05) is 32.1 Å². The van der Waals surface area contributed by atoms with Crippen LogP contribution in [0.2, 0.25) is 0 Å². The molecule has 0 aromatic heterocycles. The molecule has 2 heterocycles. The molecule has 0 bridgehead atoms. The van der Waals surface area contributed by atoms with Crippen LogP contribution in [0, 0.1) is 5.92 Å². The second-order valence-corrected chi connectivity index (χ2v) is 11.4. The van der Waals surface area contributed by atoms with Crippen LogP contribution in [0.25, 0.3) is 0 Å². The molecule has 0 radical (unpaired) electrons. The van der Waals surface area contributed by atoms with Gasteiger partial charge in [-0.2, -0.15) is 0 Å². The van der Waals surface area contributed by atoms with Crippen molar-refractivity contribution in [3.8, 4) is 0 Å². The molecule has 3 aliphatic rings. The second-order valence-electron chi connectivity index (χ2n) is 11.4. The molecule has 42 heavy (non-hydrogen) atoms. The van der Waals surface area contributed by atoms with E-state index < -0.39 is 97.8 Å². The summed E-state index contributed by atoms with van der Waals surface area (Å²) in [6.45, 7) is -0.813. The fourth-order valence-corrected chi connectivity index (χ4v) is 5.60. The van der Waals surface area contributed by atoms with E-state index in [4.69, 9.17) is 47.0 Å². The number of hydrogen-bond acceptors (Lipinski definition) is 17. The van der Waals surface area contributed by atoms with E-state index in [-0.39, 0.29) is 38.6 Å². The molecule has 15 atom stereocenters. The van der Waals surface area contributed by atoms with E-state index in [9.17, 15) is 35.4 Å². The number of hydrogen-bond donors (Lipinski definition) is 12. The molecule has 3 fully saturated rings. The van der Waals surface area contributed by atoms with E-state index in [0.29, 0.717) is 19.4 Å².